The molecule has 0 fully saturated rings. The highest BCUT2D eigenvalue weighted by molar-refractivity contribution is 5.32. The number of hydrogen-bond acceptors (Lipinski definition) is 3. The molecule has 0 aliphatic carbocycles. The number of rotatable bonds is 5. The molecule has 0 N–H and O–H groups in total. The van der Waals surface area contributed by atoms with Gasteiger partial charge in [0, 0.05) is 0 Å². The molecule has 0 spiro atoms. The van der Waals surface area contributed by atoms with E-state index < -0.39 is 0 Å². The van der Waals surface area contributed by atoms with Gasteiger partial charge in [-0.15, -0.1) is 0 Å². The van der Waals surface area contributed by atoms with E-state index in [1.807, 2.05) is 30.3 Å². The van der Waals surface area contributed by atoms with E-state index in [2.05, 4.69) is 25.8 Å². The van der Waals surface area contributed by atoms with Crippen molar-refractivity contribution in [2.75, 3.05) is 13.2 Å². The number of hydrogen-bond donors (Lipinski definition) is 0. The quantitative estimate of drug-likeness (QED) is 0.446. The van der Waals surface area contributed by atoms with Crippen LogP contribution < -0.4 is 0 Å². The number of carbonyl (C=O) groups excluding carboxylic acids is 1. The summed E-state index contributed by atoms with van der Waals surface area (Å²) in [5, 5.41) is 0. The van der Waals surface area contributed by atoms with Gasteiger partial charge in [0.05, 0.1) is 19.8 Å². The highest BCUT2D eigenvalue weighted by Gasteiger charge is 1.90. The molecule has 3 nitrogen and oxygen atoms in total. The maximum Gasteiger partial charge on any atom is 0.235 e. The first kappa shape index (κ1) is 15.6. The molecule has 0 aliphatic heterocycles. The Kier molecular flexibility index (Phi) is 10.1. The van der Waals surface area contributed by atoms with E-state index in [9.17, 15) is 4.79 Å². The van der Waals surface area contributed by atoms with Gasteiger partial charge in [-0.2, -0.15) is 0 Å². The molecular weight excluding hydrogens is 214 g/mol. The SMILES string of the molecule is CC(C)C.O=C=NCCOCc1ccccc1. The van der Waals surface area contributed by atoms with E-state index in [0.717, 1.165) is 11.5 Å². The Hall–Kier alpha value is -1.44. The van der Waals surface area contributed by atoms with Gasteiger partial charge in [-0.05, 0) is 11.5 Å². The first-order chi connectivity index (χ1) is 8.16. The molecule has 0 saturated carbocycles. The minimum Gasteiger partial charge on any atom is -0.375 e. The standard InChI is InChI=1S/C10H11NO2.C4H10/c12-9-11-6-7-13-8-10-4-2-1-3-5-10;1-4(2)3/h1-5H,6-8H2;4H,1-3H3. The lowest BCUT2D eigenvalue weighted by Gasteiger charge is -2.00. The van der Waals surface area contributed by atoms with Crippen molar-refractivity contribution < 1.29 is 9.53 Å². The van der Waals surface area contributed by atoms with E-state index >= 15 is 0 Å². The predicted octanol–water partition coefficient (Wildman–Crippen LogP) is 3.20. The maximum absolute atomic E-state index is 9.69. The van der Waals surface area contributed by atoms with E-state index in [1.54, 1.807) is 0 Å². The fraction of sp³-hybridized carbons (Fsp3) is 0.500. The van der Waals surface area contributed by atoms with Crippen molar-refractivity contribution in [3.63, 3.8) is 0 Å². The van der Waals surface area contributed by atoms with Gasteiger partial charge in [-0.25, -0.2) is 9.79 Å². The van der Waals surface area contributed by atoms with Gasteiger partial charge in [0.15, 0.2) is 0 Å². The Labute approximate surface area is 104 Å². The Morgan fingerprint density at radius 2 is 1.82 bits per heavy atom. The van der Waals surface area contributed by atoms with Gasteiger partial charge in [0.1, 0.15) is 0 Å². The lowest BCUT2D eigenvalue weighted by Crippen LogP contribution is -1.97. The first-order valence-corrected chi connectivity index (χ1v) is 5.82. The molecule has 17 heavy (non-hydrogen) atoms. The lowest BCUT2D eigenvalue weighted by atomic mass is 10.2. The van der Waals surface area contributed by atoms with Crippen LogP contribution in [0.25, 0.3) is 0 Å². The summed E-state index contributed by atoms with van der Waals surface area (Å²) in [7, 11) is 0. The van der Waals surface area contributed by atoms with Crippen LogP contribution in [0.1, 0.15) is 26.3 Å². The van der Waals surface area contributed by atoms with Crippen LogP contribution in [0.5, 0.6) is 0 Å². The van der Waals surface area contributed by atoms with Crippen molar-refractivity contribution in [2.45, 2.75) is 27.4 Å². The summed E-state index contributed by atoms with van der Waals surface area (Å²) in [5.74, 6) is 0.833. The summed E-state index contributed by atoms with van der Waals surface area (Å²) in [5.41, 5.74) is 1.12. The molecule has 1 aromatic rings. The summed E-state index contributed by atoms with van der Waals surface area (Å²) in [6.07, 6.45) is 1.46. The molecule has 0 atom stereocenters. The van der Waals surface area contributed by atoms with Crippen LogP contribution >= 0.6 is 0 Å². The van der Waals surface area contributed by atoms with Crippen molar-refractivity contribution in [1.29, 1.82) is 0 Å². The van der Waals surface area contributed by atoms with Gasteiger partial charge in [0.25, 0.3) is 0 Å². The van der Waals surface area contributed by atoms with Gasteiger partial charge < -0.3 is 4.74 Å². The number of ether oxygens (including phenoxy) is 1. The van der Waals surface area contributed by atoms with Gasteiger partial charge in [0.2, 0.25) is 6.08 Å². The van der Waals surface area contributed by atoms with Gasteiger partial charge in [-0.1, -0.05) is 51.1 Å². The second-order valence-electron chi connectivity index (χ2n) is 4.24. The number of isocyanates is 1. The average molecular weight is 235 g/mol. The van der Waals surface area contributed by atoms with Crippen molar-refractivity contribution in [3.05, 3.63) is 35.9 Å². The lowest BCUT2D eigenvalue weighted by molar-refractivity contribution is 0.128. The molecule has 0 radical (unpaired) electrons. The predicted molar refractivity (Wildman–Crippen MR) is 69.6 cm³/mol. The fourth-order valence-electron chi connectivity index (χ4n) is 0.920. The Bertz CT molecular complexity index is 313. The largest absolute Gasteiger partial charge is 0.375 e. The number of benzene rings is 1. The van der Waals surface area contributed by atoms with Crippen LogP contribution in [-0.4, -0.2) is 19.2 Å². The van der Waals surface area contributed by atoms with Crippen LogP contribution in [0.4, 0.5) is 0 Å². The topological polar surface area (TPSA) is 38.7 Å². The molecule has 0 bridgehead atoms. The second-order valence-corrected chi connectivity index (χ2v) is 4.24. The smallest absolute Gasteiger partial charge is 0.235 e. The monoisotopic (exact) mass is 235 g/mol. The van der Waals surface area contributed by atoms with Gasteiger partial charge in [-0.3, -0.25) is 0 Å². The number of aliphatic imine (C=N–C) groups is 1. The molecule has 94 valence electrons. The highest BCUT2D eigenvalue weighted by atomic mass is 16.5. The van der Waals surface area contributed by atoms with Crippen LogP contribution in [0.2, 0.25) is 0 Å². The zero-order valence-electron chi connectivity index (χ0n) is 10.8. The van der Waals surface area contributed by atoms with Crippen molar-refractivity contribution in [1.82, 2.24) is 0 Å². The second kappa shape index (κ2) is 11.1. The summed E-state index contributed by atoms with van der Waals surface area (Å²) < 4.78 is 5.25. The van der Waals surface area contributed by atoms with Crippen LogP contribution in [0.15, 0.2) is 35.3 Å². The molecule has 3 heteroatoms. The van der Waals surface area contributed by atoms with Crippen molar-refractivity contribution in [3.8, 4) is 0 Å². The van der Waals surface area contributed by atoms with Crippen LogP contribution in [-0.2, 0) is 16.1 Å². The third kappa shape index (κ3) is 12.5. The molecule has 1 rings (SSSR count). The minimum absolute atomic E-state index is 0.385. The molecule has 0 saturated heterocycles. The van der Waals surface area contributed by atoms with E-state index in [0.29, 0.717) is 19.8 Å². The van der Waals surface area contributed by atoms with E-state index in [1.165, 1.54) is 6.08 Å². The molecule has 0 unspecified atom stereocenters. The highest BCUT2D eigenvalue weighted by Crippen LogP contribution is 1.99. The Morgan fingerprint density at radius 1 is 1.24 bits per heavy atom. The zero-order valence-corrected chi connectivity index (χ0v) is 10.8. The normalized spacial score (nSPS) is 9.18. The summed E-state index contributed by atoms with van der Waals surface area (Å²) >= 11 is 0. The van der Waals surface area contributed by atoms with E-state index in [4.69, 9.17) is 4.74 Å². The molecule has 0 aromatic heterocycles. The molecule has 0 aliphatic rings. The summed E-state index contributed by atoms with van der Waals surface area (Å²) in [6, 6.07) is 9.86. The summed E-state index contributed by atoms with van der Waals surface area (Å²) in [4.78, 5) is 13.1. The Balaban J connectivity index is 0.000000557. The zero-order chi connectivity index (χ0) is 12.9. The Morgan fingerprint density at radius 3 is 2.35 bits per heavy atom. The van der Waals surface area contributed by atoms with Crippen molar-refractivity contribution in [2.24, 2.45) is 10.9 Å². The third-order valence-corrected chi connectivity index (χ3v) is 1.52. The average Bonchev–Trinajstić information content (AvgIpc) is 2.29. The third-order valence-electron chi connectivity index (χ3n) is 1.52. The van der Waals surface area contributed by atoms with Crippen molar-refractivity contribution >= 4 is 6.08 Å². The van der Waals surface area contributed by atoms with E-state index in [-0.39, 0.29) is 0 Å². The molecular formula is C14H21NO2. The summed E-state index contributed by atoms with van der Waals surface area (Å²) in [6.45, 7) is 7.91. The first-order valence-electron chi connectivity index (χ1n) is 5.82. The van der Waals surface area contributed by atoms with Crippen LogP contribution in [0, 0.1) is 5.92 Å². The van der Waals surface area contributed by atoms with Gasteiger partial charge >= 0.3 is 0 Å². The fourth-order valence-corrected chi connectivity index (χ4v) is 0.920. The number of nitrogens with zero attached hydrogens (tertiary/aromatic N) is 1. The minimum atomic E-state index is 0.385. The van der Waals surface area contributed by atoms with Crippen LogP contribution in [0.3, 0.4) is 0 Å². The molecule has 0 amide bonds. The molecule has 1 aromatic carbocycles. The molecule has 0 heterocycles. The maximum atomic E-state index is 9.69.